The molecule has 1 aromatic carbocycles. The number of benzene rings is 1. The Morgan fingerprint density at radius 3 is 2.65 bits per heavy atom. The highest BCUT2D eigenvalue weighted by atomic mass is 79.9. The molecule has 0 unspecified atom stereocenters. The van der Waals surface area contributed by atoms with Crippen molar-refractivity contribution in [2.45, 2.75) is 13.3 Å². The molecule has 0 saturated carbocycles. The van der Waals surface area contributed by atoms with Gasteiger partial charge in [-0.15, -0.1) is 0 Å². The number of nitrogen functional groups attached to an aromatic ring is 1. The molecule has 1 aromatic rings. The molecule has 0 fully saturated rings. The monoisotopic (exact) mass is 320 g/mol. The molecule has 0 saturated heterocycles. The first kappa shape index (κ1) is 14.0. The predicted octanol–water partition coefficient (Wildman–Crippen LogP) is 1.50. The van der Waals surface area contributed by atoms with E-state index in [1.54, 1.807) is 19.1 Å². The highest BCUT2D eigenvalue weighted by molar-refractivity contribution is 9.10. The average Bonchev–Trinajstić information content (AvgIpc) is 2.15. The van der Waals surface area contributed by atoms with Gasteiger partial charge in [-0.05, 0) is 24.6 Å². The predicted molar refractivity (Wildman–Crippen MR) is 70.1 cm³/mol. The van der Waals surface area contributed by atoms with Crippen molar-refractivity contribution in [3.05, 3.63) is 28.2 Å². The van der Waals surface area contributed by atoms with E-state index in [2.05, 4.69) is 15.9 Å². The molecule has 5 nitrogen and oxygen atoms in total. The van der Waals surface area contributed by atoms with Crippen LogP contribution in [0.5, 0.6) is 0 Å². The van der Waals surface area contributed by atoms with Gasteiger partial charge in [-0.25, -0.2) is 13.1 Å². The normalized spacial score (nSPS) is 11.2. The summed E-state index contributed by atoms with van der Waals surface area (Å²) in [6, 6.07) is 4.63. The van der Waals surface area contributed by atoms with E-state index in [1.165, 1.54) is 6.07 Å². The smallest absolute Gasteiger partial charge is 0.266 e. The molecule has 0 spiro atoms. The second-order valence-electron chi connectivity index (χ2n) is 3.48. The lowest BCUT2D eigenvalue weighted by molar-refractivity contribution is 0.0982. The average molecular weight is 321 g/mol. The number of rotatable bonds is 4. The second kappa shape index (κ2) is 5.50. The van der Waals surface area contributed by atoms with E-state index in [9.17, 15) is 13.2 Å². The largest absolute Gasteiger partial charge is 0.398 e. The van der Waals surface area contributed by atoms with Crippen molar-refractivity contribution in [1.82, 2.24) is 4.72 Å². The first-order chi connectivity index (χ1) is 7.85. The van der Waals surface area contributed by atoms with Crippen molar-refractivity contribution < 1.29 is 13.2 Å². The summed E-state index contributed by atoms with van der Waals surface area (Å²) in [6.45, 7) is 1.72. The van der Waals surface area contributed by atoms with Gasteiger partial charge in [0.2, 0.25) is 10.0 Å². The summed E-state index contributed by atoms with van der Waals surface area (Å²) in [5, 5.41) is 0. The Labute approximate surface area is 109 Å². The SMILES string of the molecule is CCCS(=O)(=O)NC(=O)c1ccc(Br)cc1N. The summed E-state index contributed by atoms with van der Waals surface area (Å²) in [5.41, 5.74) is 6.00. The zero-order valence-electron chi connectivity index (χ0n) is 9.23. The number of anilines is 1. The number of sulfonamides is 1. The number of carbonyl (C=O) groups is 1. The van der Waals surface area contributed by atoms with Crippen LogP contribution in [-0.4, -0.2) is 20.1 Å². The van der Waals surface area contributed by atoms with Crippen LogP contribution in [0.2, 0.25) is 0 Å². The molecule has 94 valence electrons. The Hall–Kier alpha value is -1.08. The summed E-state index contributed by atoms with van der Waals surface area (Å²) in [6.07, 6.45) is 0.443. The van der Waals surface area contributed by atoms with Gasteiger partial charge in [-0.3, -0.25) is 4.79 Å². The van der Waals surface area contributed by atoms with E-state index in [1.807, 2.05) is 4.72 Å². The lowest BCUT2D eigenvalue weighted by atomic mass is 10.2. The zero-order valence-corrected chi connectivity index (χ0v) is 11.6. The van der Waals surface area contributed by atoms with Crippen LogP contribution in [0.1, 0.15) is 23.7 Å². The van der Waals surface area contributed by atoms with Gasteiger partial charge in [0, 0.05) is 10.2 Å². The molecule has 0 atom stereocenters. The van der Waals surface area contributed by atoms with Crippen LogP contribution >= 0.6 is 15.9 Å². The third kappa shape index (κ3) is 4.01. The third-order valence-corrected chi connectivity index (χ3v) is 3.91. The van der Waals surface area contributed by atoms with Gasteiger partial charge in [-0.2, -0.15) is 0 Å². The van der Waals surface area contributed by atoms with Crippen LogP contribution in [0, 0.1) is 0 Å². The van der Waals surface area contributed by atoms with Crippen molar-refractivity contribution in [3.63, 3.8) is 0 Å². The molecule has 0 bridgehead atoms. The Morgan fingerprint density at radius 2 is 2.12 bits per heavy atom. The van der Waals surface area contributed by atoms with E-state index in [4.69, 9.17) is 5.73 Å². The van der Waals surface area contributed by atoms with Gasteiger partial charge in [0.15, 0.2) is 0 Å². The fourth-order valence-electron chi connectivity index (χ4n) is 1.26. The van der Waals surface area contributed by atoms with E-state index in [0.29, 0.717) is 6.42 Å². The maximum absolute atomic E-state index is 11.7. The molecular formula is C10H13BrN2O3S. The second-order valence-corrected chi connectivity index (χ2v) is 6.24. The van der Waals surface area contributed by atoms with Crippen LogP contribution in [0.15, 0.2) is 22.7 Å². The fourth-order valence-corrected chi connectivity index (χ4v) is 2.67. The van der Waals surface area contributed by atoms with Crippen molar-refractivity contribution in [2.75, 3.05) is 11.5 Å². The molecule has 0 aliphatic carbocycles. The molecule has 0 aliphatic rings. The Morgan fingerprint density at radius 1 is 1.47 bits per heavy atom. The van der Waals surface area contributed by atoms with Gasteiger partial charge in [-0.1, -0.05) is 22.9 Å². The number of amides is 1. The van der Waals surface area contributed by atoms with Crippen LogP contribution in [0.4, 0.5) is 5.69 Å². The highest BCUT2D eigenvalue weighted by Gasteiger charge is 2.16. The number of nitrogens with one attached hydrogen (secondary N) is 1. The first-order valence-electron chi connectivity index (χ1n) is 4.95. The number of halogens is 1. The maximum Gasteiger partial charge on any atom is 0.266 e. The molecule has 17 heavy (non-hydrogen) atoms. The quantitative estimate of drug-likeness (QED) is 0.823. The molecule has 1 rings (SSSR count). The van der Waals surface area contributed by atoms with Crippen LogP contribution < -0.4 is 10.5 Å². The van der Waals surface area contributed by atoms with E-state index >= 15 is 0 Å². The number of nitrogens with two attached hydrogens (primary N) is 1. The molecule has 0 aliphatic heterocycles. The molecule has 3 N–H and O–H groups in total. The van der Waals surface area contributed by atoms with Gasteiger partial charge >= 0.3 is 0 Å². The van der Waals surface area contributed by atoms with Crippen LogP contribution in [0.3, 0.4) is 0 Å². The summed E-state index contributed by atoms with van der Waals surface area (Å²) in [7, 11) is -3.57. The Balaban J connectivity index is 2.91. The Kier molecular flexibility index (Phi) is 4.53. The minimum Gasteiger partial charge on any atom is -0.398 e. The number of hydrogen-bond donors (Lipinski definition) is 2. The summed E-state index contributed by atoms with van der Waals surface area (Å²) < 4.78 is 25.5. The minimum absolute atomic E-state index is 0.0881. The first-order valence-corrected chi connectivity index (χ1v) is 7.40. The molecule has 0 radical (unpaired) electrons. The van der Waals surface area contributed by atoms with Crippen molar-refractivity contribution in [1.29, 1.82) is 0 Å². The van der Waals surface area contributed by atoms with Gasteiger partial charge in [0.1, 0.15) is 0 Å². The molecular weight excluding hydrogens is 308 g/mol. The van der Waals surface area contributed by atoms with E-state index in [0.717, 1.165) is 4.47 Å². The van der Waals surface area contributed by atoms with E-state index < -0.39 is 15.9 Å². The van der Waals surface area contributed by atoms with Crippen molar-refractivity contribution in [3.8, 4) is 0 Å². The lowest BCUT2D eigenvalue weighted by Gasteiger charge is -2.08. The fraction of sp³-hybridized carbons (Fsp3) is 0.300. The molecule has 1 amide bonds. The summed E-state index contributed by atoms with van der Waals surface area (Å²) in [5.74, 6) is -0.793. The van der Waals surface area contributed by atoms with Crippen molar-refractivity contribution >= 4 is 37.5 Å². The summed E-state index contributed by atoms with van der Waals surface area (Å²) >= 11 is 3.20. The van der Waals surface area contributed by atoms with Crippen LogP contribution in [-0.2, 0) is 10.0 Å². The standard InChI is InChI=1S/C10H13BrN2O3S/c1-2-5-17(15,16)13-10(14)8-4-3-7(11)6-9(8)12/h3-4,6H,2,5,12H2,1H3,(H,13,14). The van der Waals surface area contributed by atoms with Gasteiger partial charge < -0.3 is 5.73 Å². The zero-order chi connectivity index (χ0) is 13.1. The molecule has 0 heterocycles. The maximum atomic E-state index is 11.7. The summed E-state index contributed by atoms with van der Waals surface area (Å²) in [4.78, 5) is 11.7. The van der Waals surface area contributed by atoms with E-state index in [-0.39, 0.29) is 17.0 Å². The Bertz CT molecular complexity index is 528. The van der Waals surface area contributed by atoms with Crippen molar-refractivity contribution in [2.24, 2.45) is 0 Å². The highest BCUT2D eigenvalue weighted by Crippen LogP contribution is 2.18. The van der Waals surface area contributed by atoms with Gasteiger partial charge in [0.25, 0.3) is 5.91 Å². The number of carbonyl (C=O) groups excluding carboxylic acids is 1. The molecule has 0 aromatic heterocycles. The molecule has 7 heteroatoms. The third-order valence-electron chi connectivity index (χ3n) is 1.98. The topological polar surface area (TPSA) is 89.3 Å². The number of hydrogen-bond acceptors (Lipinski definition) is 4. The lowest BCUT2D eigenvalue weighted by Crippen LogP contribution is -2.32. The van der Waals surface area contributed by atoms with Crippen LogP contribution in [0.25, 0.3) is 0 Å². The van der Waals surface area contributed by atoms with Gasteiger partial charge in [0.05, 0.1) is 11.3 Å². The minimum atomic E-state index is -3.57.